The molecule has 5 aromatic rings. The zero-order chi connectivity index (χ0) is 44.1. The number of carbonyl (C=O) groups excluding carboxylic acids is 6. The monoisotopic (exact) mass is 887 g/mol. The number of anilines is 1. The van der Waals surface area contributed by atoms with Gasteiger partial charge in [0.1, 0.15) is 35.3 Å². The number of nitrogens with one attached hydrogen (secondary N) is 3. The predicted molar refractivity (Wildman–Crippen MR) is 234 cm³/mol. The van der Waals surface area contributed by atoms with Crippen LogP contribution in [0.1, 0.15) is 96.0 Å². The van der Waals surface area contributed by atoms with Crippen molar-refractivity contribution in [2.24, 2.45) is 4.99 Å². The van der Waals surface area contributed by atoms with Crippen LogP contribution in [0, 0.1) is 20.8 Å². The number of hydrogen-bond donors (Lipinski definition) is 3. The summed E-state index contributed by atoms with van der Waals surface area (Å²) in [6, 6.07) is 17.3. The Morgan fingerprint density at radius 1 is 0.937 bits per heavy atom. The van der Waals surface area contributed by atoms with E-state index in [1.807, 2.05) is 35.8 Å². The number of likely N-dealkylation sites (tertiary alicyclic amines) is 1. The number of aliphatic imine (C=N–C) groups is 1. The number of carbonyl (C=O) groups is 6. The molecule has 2 aromatic heterocycles. The summed E-state index contributed by atoms with van der Waals surface area (Å²) in [5.74, 6) is -0.822. The lowest BCUT2D eigenvalue weighted by molar-refractivity contribution is -0.136. The van der Waals surface area contributed by atoms with Crippen LogP contribution in [0.25, 0.3) is 5.00 Å². The third-order valence-corrected chi connectivity index (χ3v) is 13.3. The summed E-state index contributed by atoms with van der Waals surface area (Å²) < 4.78 is 7.92. The first-order valence-corrected chi connectivity index (χ1v) is 21.8. The molecular weight excluding hydrogens is 846 g/mol. The van der Waals surface area contributed by atoms with Gasteiger partial charge >= 0.3 is 0 Å². The lowest BCUT2D eigenvalue weighted by atomic mass is 9.99. The van der Waals surface area contributed by atoms with Crippen LogP contribution >= 0.6 is 22.9 Å². The molecule has 2 fully saturated rings. The van der Waals surface area contributed by atoms with Gasteiger partial charge in [0, 0.05) is 64.4 Å². The first-order chi connectivity index (χ1) is 30.4. The van der Waals surface area contributed by atoms with Crippen molar-refractivity contribution in [2.75, 3.05) is 31.6 Å². The fraction of sp³-hybridized carbons (Fsp3) is 0.311. The maximum atomic E-state index is 13.7. The highest BCUT2D eigenvalue weighted by Crippen LogP contribution is 2.40. The SMILES string of the molecule is Cc1sc2c(c1C)C(c1ccc(Cl)cc1)=N[C@@H](CC(=O)N[C@H]1CCN(C(=O)c3ccc(OCCNc4cccc5c4C(=O)N(C4CCC(=O)NC4=O)C5=O)cc3)C1)c1nnc(C)n1-2. The molecule has 3 atom stereocenters. The predicted octanol–water partition coefficient (Wildman–Crippen LogP) is 5.11. The number of aromatic nitrogens is 3. The molecule has 2 saturated heterocycles. The number of halogens is 1. The Kier molecular flexibility index (Phi) is 11.1. The average molecular weight is 888 g/mol. The quantitative estimate of drug-likeness (QED) is 0.118. The molecule has 6 amide bonds. The van der Waals surface area contributed by atoms with Crippen molar-refractivity contribution in [1.82, 2.24) is 35.2 Å². The highest BCUT2D eigenvalue weighted by Gasteiger charge is 2.45. The Morgan fingerprint density at radius 2 is 1.71 bits per heavy atom. The number of imide groups is 2. The molecule has 16 nitrogen and oxygen atoms in total. The zero-order valence-corrected chi connectivity index (χ0v) is 36.1. The third kappa shape index (κ3) is 7.86. The van der Waals surface area contributed by atoms with Gasteiger partial charge in [0.05, 0.1) is 23.3 Å². The van der Waals surface area contributed by atoms with Crippen LogP contribution in [0.5, 0.6) is 5.75 Å². The molecular formula is C45H42ClN9O7S. The molecule has 0 radical (unpaired) electrons. The smallest absolute Gasteiger partial charge is 0.264 e. The summed E-state index contributed by atoms with van der Waals surface area (Å²) in [6.45, 7) is 7.37. The van der Waals surface area contributed by atoms with E-state index >= 15 is 0 Å². The molecule has 3 aromatic carbocycles. The second-order valence-corrected chi connectivity index (χ2v) is 17.5. The van der Waals surface area contributed by atoms with Crippen molar-refractivity contribution in [3.63, 3.8) is 0 Å². The molecule has 63 heavy (non-hydrogen) atoms. The maximum absolute atomic E-state index is 13.7. The van der Waals surface area contributed by atoms with E-state index < -0.39 is 35.7 Å². The molecule has 0 aliphatic carbocycles. The molecule has 0 saturated carbocycles. The number of aryl methyl sites for hydroxylation is 2. The summed E-state index contributed by atoms with van der Waals surface area (Å²) in [4.78, 5) is 86.9. The fourth-order valence-electron chi connectivity index (χ4n) is 8.55. The minimum absolute atomic E-state index is 0.0375. The molecule has 0 spiro atoms. The standard InChI is InChI=1S/C45H42ClN9O7S/c1-23-24(2)63-45-37(23)39(26-7-11-28(46)12-8-26)49-33(40-52-51-25(3)54(40)45)21-36(57)48-29-17-19-53(22-29)42(59)27-9-13-30(14-10-27)62-20-18-47-32-6-4-5-31-38(32)44(61)55(43(31)60)34-15-16-35(56)50-41(34)58/h4-14,29,33-34,47H,15-22H2,1-3H3,(H,48,57)(H,50,56,58)/t29-,33-,34?/m0/s1. The Morgan fingerprint density at radius 3 is 2.48 bits per heavy atom. The van der Waals surface area contributed by atoms with E-state index in [4.69, 9.17) is 21.3 Å². The van der Waals surface area contributed by atoms with E-state index in [0.717, 1.165) is 37.2 Å². The molecule has 18 heteroatoms. The number of rotatable bonds is 11. The molecule has 322 valence electrons. The second kappa shape index (κ2) is 16.9. The van der Waals surface area contributed by atoms with Crippen molar-refractivity contribution in [2.45, 2.75) is 64.6 Å². The van der Waals surface area contributed by atoms with Gasteiger partial charge in [-0.1, -0.05) is 29.8 Å². The summed E-state index contributed by atoms with van der Waals surface area (Å²) in [7, 11) is 0. The Labute approximate surface area is 370 Å². The normalized spacial score (nSPS) is 19.2. The van der Waals surface area contributed by atoms with Gasteiger partial charge in [-0.05, 0) is 87.7 Å². The van der Waals surface area contributed by atoms with Gasteiger partial charge in [0.15, 0.2) is 5.82 Å². The Balaban J connectivity index is 0.790. The maximum Gasteiger partial charge on any atom is 0.264 e. The van der Waals surface area contributed by atoms with Crippen LogP contribution in [0.15, 0.2) is 71.7 Å². The number of fused-ring (bicyclic) bond motifs is 4. The van der Waals surface area contributed by atoms with Crippen LogP contribution in [-0.2, 0) is 14.4 Å². The van der Waals surface area contributed by atoms with E-state index in [-0.39, 0.29) is 61.4 Å². The van der Waals surface area contributed by atoms with Crippen molar-refractivity contribution in [3.8, 4) is 10.8 Å². The van der Waals surface area contributed by atoms with Crippen molar-refractivity contribution < 1.29 is 33.5 Å². The summed E-state index contributed by atoms with van der Waals surface area (Å²) in [6.07, 6.45) is 0.746. The van der Waals surface area contributed by atoms with Crippen molar-refractivity contribution in [1.29, 1.82) is 0 Å². The van der Waals surface area contributed by atoms with Crippen molar-refractivity contribution in [3.05, 3.63) is 122 Å². The number of thiophene rings is 1. The lowest BCUT2D eigenvalue weighted by Crippen LogP contribution is -2.54. The number of nitrogens with zero attached hydrogens (tertiary/aromatic N) is 6. The van der Waals surface area contributed by atoms with E-state index in [9.17, 15) is 28.8 Å². The van der Waals surface area contributed by atoms with Crippen LogP contribution < -0.4 is 20.7 Å². The third-order valence-electron chi connectivity index (χ3n) is 11.8. The Bertz CT molecular complexity index is 2750. The number of benzene rings is 3. The first kappa shape index (κ1) is 41.6. The van der Waals surface area contributed by atoms with Gasteiger partial charge in [0.2, 0.25) is 17.7 Å². The largest absolute Gasteiger partial charge is 0.492 e. The summed E-state index contributed by atoms with van der Waals surface area (Å²) in [5, 5.41) is 19.0. The van der Waals surface area contributed by atoms with Gasteiger partial charge < -0.3 is 20.3 Å². The van der Waals surface area contributed by atoms with Gasteiger partial charge in [-0.2, -0.15) is 0 Å². The summed E-state index contributed by atoms with van der Waals surface area (Å²) >= 11 is 7.90. The number of piperidine rings is 1. The van der Waals surface area contributed by atoms with E-state index in [1.54, 1.807) is 52.6 Å². The van der Waals surface area contributed by atoms with Gasteiger partial charge in [-0.3, -0.25) is 48.5 Å². The van der Waals surface area contributed by atoms with Crippen molar-refractivity contribution >= 4 is 69.8 Å². The van der Waals surface area contributed by atoms with E-state index in [1.165, 1.54) is 6.07 Å². The minimum atomic E-state index is -1.05. The fourth-order valence-corrected chi connectivity index (χ4v) is 9.89. The summed E-state index contributed by atoms with van der Waals surface area (Å²) in [5.41, 5.74) is 5.00. The molecule has 9 rings (SSSR count). The topological polar surface area (TPSA) is 197 Å². The number of amides is 6. The van der Waals surface area contributed by atoms with Crippen LogP contribution in [-0.4, -0.2) is 104 Å². The highest BCUT2D eigenvalue weighted by atomic mass is 35.5. The molecule has 0 bridgehead atoms. The van der Waals surface area contributed by atoms with E-state index in [2.05, 4.69) is 40.0 Å². The average Bonchev–Trinajstić information content (AvgIpc) is 4.01. The molecule has 4 aliphatic rings. The van der Waals surface area contributed by atoms with Crippen LogP contribution in [0.4, 0.5) is 5.69 Å². The second-order valence-electron chi connectivity index (χ2n) is 15.9. The minimum Gasteiger partial charge on any atom is -0.492 e. The van der Waals surface area contributed by atoms with E-state index in [0.29, 0.717) is 53.2 Å². The highest BCUT2D eigenvalue weighted by molar-refractivity contribution is 7.15. The van der Waals surface area contributed by atoms with Crippen LogP contribution in [0.3, 0.4) is 0 Å². The van der Waals surface area contributed by atoms with Gasteiger partial charge in [-0.25, -0.2) is 0 Å². The van der Waals surface area contributed by atoms with Gasteiger partial charge in [0.25, 0.3) is 17.7 Å². The number of ether oxygens (including phenoxy) is 1. The first-order valence-electron chi connectivity index (χ1n) is 20.6. The van der Waals surface area contributed by atoms with Crippen LogP contribution in [0.2, 0.25) is 5.02 Å². The number of hydrogen-bond acceptors (Lipinski definition) is 12. The zero-order valence-electron chi connectivity index (χ0n) is 34.6. The molecule has 6 heterocycles. The van der Waals surface area contributed by atoms with Gasteiger partial charge in [-0.15, -0.1) is 21.5 Å². The molecule has 3 N–H and O–H groups in total. The molecule has 4 aliphatic heterocycles. The Hall–Kier alpha value is -6.72. The molecule has 1 unspecified atom stereocenters. The lowest BCUT2D eigenvalue weighted by Gasteiger charge is -2.27.